The maximum atomic E-state index is 11.8. The summed E-state index contributed by atoms with van der Waals surface area (Å²) >= 11 is 1.45. The SMILES string of the molecule is [C-]#[N+]c1sc2ccc(C(=O)OC)cc2c1-c1ccccc1C. The van der Waals surface area contributed by atoms with Gasteiger partial charge >= 0.3 is 5.97 Å². The molecule has 0 aliphatic heterocycles. The topological polar surface area (TPSA) is 30.7 Å². The molecule has 108 valence electrons. The summed E-state index contributed by atoms with van der Waals surface area (Å²) in [6.45, 7) is 9.48. The van der Waals surface area contributed by atoms with Gasteiger partial charge in [-0.15, -0.1) is 0 Å². The van der Waals surface area contributed by atoms with Gasteiger partial charge in [-0.25, -0.2) is 9.64 Å². The summed E-state index contributed by atoms with van der Waals surface area (Å²) in [5.74, 6) is -0.367. The third-order valence-electron chi connectivity index (χ3n) is 3.61. The molecule has 1 heterocycles. The normalized spacial score (nSPS) is 10.4. The molecule has 0 N–H and O–H groups in total. The van der Waals surface area contributed by atoms with Gasteiger partial charge in [-0.3, -0.25) is 0 Å². The fourth-order valence-corrected chi connectivity index (χ4v) is 3.50. The number of thiophene rings is 1. The van der Waals surface area contributed by atoms with E-state index in [0.29, 0.717) is 10.6 Å². The number of rotatable bonds is 2. The quantitative estimate of drug-likeness (QED) is 0.480. The molecule has 0 atom stereocenters. The van der Waals surface area contributed by atoms with Gasteiger partial charge in [0.2, 0.25) is 5.00 Å². The second kappa shape index (κ2) is 5.63. The largest absolute Gasteiger partial charge is 0.465 e. The minimum Gasteiger partial charge on any atom is -0.465 e. The maximum Gasteiger partial charge on any atom is 0.337 e. The van der Waals surface area contributed by atoms with Gasteiger partial charge in [-0.05, 0) is 41.6 Å². The Morgan fingerprint density at radius 1 is 1.23 bits per heavy atom. The van der Waals surface area contributed by atoms with Gasteiger partial charge in [0.05, 0.1) is 19.2 Å². The smallest absolute Gasteiger partial charge is 0.337 e. The molecule has 4 heteroatoms. The Balaban J connectivity index is 2.34. The number of ether oxygens (including phenoxy) is 1. The van der Waals surface area contributed by atoms with E-state index in [-0.39, 0.29) is 5.97 Å². The van der Waals surface area contributed by atoms with Gasteiger partial charge in [0.1, 0.15) is 0 Å². The van der Waals surface area contributed by atoms with Crippen molar-refractivity contribution in [2.75, 3.05) is 7.11 Å². The van der Waals surface area contributed by atoms with E-state index in [2.05, 4.69) is 4.85 Å². The van der Waals surface area contributed by atoms with E-state index < -0.39 is 0 Å². The maximum absolute atomic E-state index is 11.8. The molecule has 22 heavy (non-hydrogen) atoms. The number of benzene rings is 2. The summed E-state index contributed by atoms with van der Waals surface area (Å²) in [4.78, 5) is 15.4. The fraction of sp³-hybridized carbons (Fsp3) is 0.111. The van der Waals surface area contributed by atoms with Crippen LogP contribution < -0.4 is 0 Å². The highest BCUT2D eigenvalue weighted by molar-refractivity contribution is 7.23. The second-order valence-corrected chi connectivity index (χ2v) is 5.94. The first-order valence-corrected chi connectivity index (χ1v) is 7.55. The van der Waals surface area contributed by atoms with Gasteiger partial charge in [0.15, 0.2) is 0 Å². The lowest BCUT2D eigenvalue weighted by Gasteiger charge is -2.06. The van der Waals surface area contributed by atoms with Crippen LogP contribution in [0.2, 0.25) is 0 Å². The standard InChI is InChI=1S/C18H13NO2S/c1-11-6-4-5-7-13(11)16-14-10-12(18(20)21-3)8-9-15(14)22-17(16)19-2/h4-10H,1,3H3. The summed E-state index contributed by atoms with van der Waals surface area (Å²) < 4.78 is 5.79. The van der Waals surface area contributed by atoms with Crippen LogP contribution in [0.1, 0.15) is 15.9 Å². The van der Waals surface area contributed by atoms with E-state index in [1.165, 1.54) is 18.4 Å². The zero-order valence-electron chi connectivity index (χ0n) is 12.2. The molecular weight excluding hydrogens is 294 g/mol. The Hall–Kier alpha value is -2.64. The lowest BCUT2D eigenvalue weighted by molar-refractivity contribution is 0.0601. The molecule has 0 aliphatic carbocycles. The number of carbonyl (C=O) groups is 1. The van der Waals surface area contributed by atoms with Crippen molar-refractivity contribution in [3.05, 3.63) is 65.0 Å². The molecule has 0 saturated carbocycles. The molecular formula is C18H13NO2S. The highest BCUT2D eigenvalue weighted by Gasteiger charge is 2.17. The van der Waals surface area contributed by atoms with E-state index in [4.69, 9.17) is 11.3 Å². The van der Waals surface area contributed by atoms with E-state index in [9.17, 15) is 4.79 Å². The third-order valence-corrected chi connectivity index (χ3v) is 4.67. The summed E-state index contributed by atoms with van der Waals surface area (Å²) in [5, 5.41) is 1.57. The van der Waals surface area contributed by atoms with Crippen molar-refractivity contribution in [3.8, 4) is 11.1 Å². The number of nitrogens with zero attached hydrogens (tertiary/aromatic N) is 1. The van der Waals surface area contributed by atoms with E-state index in [1.54, 1.807) is 6.07 Å². The zero-order valence-corrected chi connectivity index (χ0v) is 13.0. The zero-order chi connectivity index (χ0) is 15.7. The molecule has 3 aromatic rings. The van der Waals surface area contributed by atoms with Crippen LogP contribution in [0.15, 0.2) is 42.5 Å². The van der Waals surface area contributed by atoms with E-state index >= 15 is 0 Å². The first kappa shape index (κ1) is 14.3. The summed E-state index contributed by atoms with van der Waals surface area (Å²) in [6.07, 6.45) is 0. The fourth-order valence-electron chi connectivity index (χ4n) is 2.52. The van der Waals surface area contributed by atoms with Gasteiger partial charge in [0.25, 0.3) is 0 Å². The van der Waals surface area contributed by atoms with Crippen LogP contribution in [-0.4, -0.2) is 13.1 Å². The number of esters is 1. The first-order valence-electron chi connectivity index (χ1n) is 6.74. The van der Waals surface area contributed by atoms with Gasteiger partial charge in [-0.1, -0.05) is 24.3 Å². The Labute approximate surface area is 132 Å². The Morgan fingerprint density at radius 2 is 2.00 bits per heavy atom. The van der Waals surface area contributed by atoms with Gasteiger partial charge < -0.3 is 4.74 Å². The number of hydrogen-bond donors (Lipinski definition) is 0. The summed E-state index contributed by atoms with van der Waals surface area (Å²) in [5.41, 5.74) is 3.54. The van der Waals surface area contributed by atoms with Gasteiger partial charge in [-0.2, -0.15) is 11.3 Å². The van der Waals surface area contributed by atoms with Crippen molar-refractivity contribution < 1.29 is 9.53 Å². The van der Waals surface area contributed by atoms with Crippen molar-refractivity contribution in [2.24, 2.45) is 0 Å². The van der Waals surface area contributed by atoms with Crippen molar-refractivity contribution in [3.63, 3.8) is 0 Å². The average molecular weight is 307 g/mol. The van der Waals surface area contributed by atoms with Crippen molar-refractivity contribution >= 4 is 32.4 Å². The highest BCUT2D eigenvalue weighted by Crippen LogP contribution is 2.45. The number of carbonyl (C=O) groups excluding carboxylic acids is 1. The van der Waals surface area contributed by atoms with Crippen LogP contribution in [0, 0.1) is 13.5 Å². The first-order chi connectivity index (χ1) is 10.7. The van der Waals surface area contributed by atoms with Crippen molar-refractivity contribution in [1.29, 1.82) is 0 Å². The summed E-state index contributed by atoms with van der Waals surface area (Å²) in [6, 6.07) is 13.4. The van der Waals surface area contributed by atoms with Gasteiger partial charge in [0, 0.05) is 10.3 Å². The Morgan fingerprint density at radius 3 is 2.68 bits per heavy atom. The predicted molar refractivity (Wildman–Crippen MR) is 89.6 cm³/mol. The molecule has 3 nitrogen and oxygen atoms in total. The molecule has 3 rings (SSSR count). The summed E-state index contributed by atoms with van der Waals surface area (Å²) in [7, 11) is 1.37. The molecule has 0 aliphatic rings. The van der Waals surface area contributed by atoms with Crippen LogP contribution in [0.25, 0.3) is 26.1 Å². The van der Waals surface area contributed by atoms with E-state index in [1.807, 2.05) is 43.3 Å². The number of fused-ring (bicyclic) bond motifs is 1. The molecule has 1 aromatic heterocycles. The van der Waals surface area contributed by atoms with Crippen molar-refractivity contribution in [2.45, 2.75) is 6.92 Å². The molecule has 0 saturated heterocycles. The van der Waals surface area contributed by atoms with Crippen LogP contribution in [0.5, 0.6) is 0 Å². The second-order valence-electron chi connectivity index (χ2n) is 4.91. The lowest BCUT2D eigenvalue weighted by Crippen LogP contribution is -2.00. The third kappa shape index (κ3) is 2.26. The number of methoxy groups -OCH3 is 1. The molecule has 0 bridgehead atoms. The number of aryl methyl sites for hydroxylation is 1. The van der Waals surface area contributed by atoms with Crippen LogP contribution in [-0.2, 0) is 4.74 Å². The minimum absolute atomic E-state index is 0.367. The van der Waals surface area contributed by atoms with Crippen molar-refractivity contribution in [1.82, 2.24) is 0 Å². The molecule has 2 aromatic carbocycles. The minimum atomic E-state index is -0.367. The van der Waals surface area contributed by atoms with Crippen LogP contribution >= 0.6 is 11.3 Å². The lowest BCUT2D eigenvalue weighted by atomic mass is 9.98. The molecule has 0 amide bonds. The van der Waals surface area contributed by atoms with Crippen LogP contribution in [0.3, 0.4) is 0 Å². The average Bonchev–Trinajstić information content (AvgIpc) is 2.92. The Kier molecular flexibility index (Phi) is 3.66. The Bertz CT molecular complexity index is 918. The predicted octanol–water partition coefficient (Wildman–Crippen LogP) is 5.21. The molecule has 0 unspecified atom stereocenters. The highest BCUT2D eigenvalue weighted by atomic mass is 32.1. The monoisotopic (exact) mass is 307 g/mol. The number of hydrogen-bond acceptors (Lipinski definition) is 3. The van der Waals surface area contributed by atoms with E-state index in [0.717, 1.165) is 26.8 Å². The molecule has 0 spiro atoms. The molecule has 0 fully saturated rings. The van der Waals surface area contributed by atoms with Crippen LogP contribution in [0.4, 0.5) is 5.00 Å². The molecule has 0 radical (unpaired) electrons.